The number of aryl methyl sites for hydroxylation is 1. The highest BCUT2D eigenvalue weighted by molar-refractivity contribution is 5.91. The van der Waals surface area contributed by atoms with Gasteiger partial charge in [0.25, 0.3) is 0 Å². The molecule has 7 heteroatoms. The normalized spacial score (nSPS) is 15.0. The number of rotatable bonds is 2. The number of hydrogen-bond donors (Lipinski definition) is 1. The van der Waals surface area contributed by atoms with E-state index in [2.05, 4.69) is 32.3 Å². The fourth-order valence-corrected chi connectivity index (χ4v) is 3.40. The molecule has 1 fully saturated rings. The van der Waals surface area contributed by atoms with Crippen molar-refractivity contribution in [3.63, 3.8) is 0 Å². The van der Waals surface area contributed by atoms with Crippen LogP contribution in [0.5, 0.6) is 0 Å². The Labute approximate surface area is 150 Å². The molecule has 0 amide bonds. The Morgan fingerprint density at radius 3 is 2.77 bits per heavy atom. The molecule has 5 rings (SSSR count). The molecule has 26 heavy (non-hydrogen) atoms. The quantitative estimate of drug-likeness (QED) is 0.599. The van der Waals surface area contributed by atoms with E-state index < -0.39 is 0 Å². The number of nitrogens with one attached hydrogen (secondary N) is 1. The summed E-state index contributed by atoms with van der Waals surface area (Å²) in [5.41, 5.74) is 4.43. The maximum Gasteiger partial charge on any atom is 0.228 e. The predicted molar refractivity (Wildman–Crippen MR) is 102 cm³/mol. The van der Waals surface area contributed by atoms with Crippen molar-refractivity contribution in [2.24, 2.45) is 7.05 Å². The van der Waals surface area contributed by atoms with Gasteiger partial charge in [-0.1, -0.05) is 18.2 Å². The van der Waals surface area contributed by atoms with Crippen LogP contribution < -0.4 is 10.2 Å². The van der Waals surface area contributed by atoms with Crippen LogP contribution in [0.4, 0.5) is 5.95 Å². The lowest BCUT2D eigenvalue weighted by molar-refractivity contribution is 0.580. The number of para-hydroxylation sites is 1. The predicted octanol–water partition coefficient (Wildman–Crippen LogP) is 1.99. The van der Waals surface area contributed by atoms with Crippen LogP contribution in [0.2, 0.25) is 0 Å². The van der Waals surface area contributed by atoms with E-state index in [1.165, 1.54) is 0 Å². The number of fused-ring (bicyclic) bond motifs is 2. The van der Waals surface area contributed by atoms with E-state index in [0.717, 1.165) is 65.5 Å². The fourth-order valence-electron chi connectivity index (χ4n) is 3.40. The molecule has 3 aromatic heterocycles. The average molecular weight is 345 g/mol. The van der Waals surface area contributed by atoms with E-state index in [1.54, 1.807) is 6.33 Å². The number of aromatic nitrogens is 5. The number of benzene rings is 1. The smallest absolute Gasteiger partial charge is 0.228 e. The van der Waals surface area contributed by atoms with Gasteiger partial charge in [-0.2, -0.15) is 4.98 Å². The Kier molecular flexibility index (Phi) is 3.53. The third-order valence-corrected chi connectivity index (χ3v) is 4.81. The van der Waals surface area contributed by atoms with E-state index in [-0.39, 0.29) is 0 Å². The minimum atomic E-state index is 0.755. The van der Waals surface area contributed by atoms with Crippen LogP contribution >= 0.6 is 0 Å². The highest BCUT2D eigenvalue weighted by Gasteiger charge is 2.19. The van der Waals surface area contributed by atoms with Crippen LogP contribution in [-0.4, -0.2) is 50.7 Å². The molecule has 0 aliphatic carbocycles. The molecule has 1 N–H and O–H groups in total. The Hall–Kier alpha value is -3.06. The Morgan fingerprint density at radius 1 is 1.04 bits per heavy atom. The summed E-state index contributed by atoms with van der Waals surface area (Å²) in [6, 6.07) is 10.2. The molecule has 0 atom stereocenters. The van der Waals surface area contributed by atoms with Crippen molar-refractivity contribution in [2.75, 3.05) is 31.1 Å². The maximum atomic E-state index is 4.89. The summed E-state index contributed by atoms with van der Waals surface area (Å²) in [6.45, 7) is 3.69. The van der Waals surface area contributed by atoms with Crippen molar-refractivity contribution in [1.82, 2.24) is 29.8 Å². The van der Waals surface area contributed by atoms with Gasteiger partial charge in [-0.25, -0.2) is 9.97 Å². The fraction of sp³-hybridized carbons (Fsp3) is 0.263. The van der Waals surface area contributed by atoms with E-state index in [9.17, 15) is 0 Å². The number of hydrogen-bond acceptors (Lipinski definition) is 6. The van der Waals surface area contributed by atoms with Crippen molar-refractivity contribution in [2.45, 2.75) is 0 Å². The first kappa shape index (κ1) is 15.2. The summed E-state index contributed by atoms with van der Waals surface area (Å²) >= 11 is 0. The minimum Gasteiger partial charge on any atom is -0.338 e. The third kappa shape index (κ3) is 2.48. The van der Waals surface area contributed by atoms with E-state index in [4.69, 9.17) is 9.97 Å². The highest BCUT2D eigenvalue weighted by atomic mass is 15.3. The highest BCUT2D eigenvalue weighted by Crippen LogP contribution is 2.28. The monoisotopic (exact) mass is 345 g/mol. The second-order valence-electron chi connectivity index (χ2n) is 6.55. The van der Waals surface area contributed by atoms with E-state index >= 15 is 0 Å². The Bertz CT molecular complexity index is 1100. The van der Waals surface area contributed by atoms with Crippen LogP contribution in [0.15, 0.2) is 42.9 Å². The van der Waals surface area contributed by atoms with Crippen LogP contribution in [0, 0.1) is 0 Å². The maximum absolute atomic E-state index is 4.89. The largest absolute Gasteiger partial charge is 0.338 e. The second kappa shape index (κ2) is 6.03. The van der Waals surface area contributed by atoms with Gasteiger partial charge in [-0.05, 0) is 12.1 Å². The van der Waals surface area contributed by atoms with Gasteiger partial charge in [0.15, 0.2) is 5.65 Å². The number of imidazole rings is 1. The molecule has 130 valence electrons. The van der Waals surface area contributed by atoms with Crippen molar-refractivity contribution in [3.05, 3.63) is 42.9 Å². The van der Waals surface area contributed by atoms with Gasteiger partial charge >= 0.3 is 0 Å². The zero-order chi connectivity index (χ0) is 17.5. The van der Waals surface area contributed by atoms with Gasteiger partial charge in [0, 0.05) is 50.4 Å². The molecule has 1 aliphatic rings. The number of pyridine rings is 1. The molecule has 1 aromatic carbocycles. The molecule has 0 unspecified atom stereocenters. The second-order valence-corrected chi connectivity index (χ2v) is 6.55. The van der Waals surface area contributed by atoms with Crippen molar-refractivity contribution in [3.8, 4) is 11.3 Å². The van der Waals surface area contributed by atoms with Crippen molar-refractivity contribution in [1.29, 1.82) is 0 Å². The first-order chi connectivity index (χ1) is 12.8. The topological polar surface area (TPSA) is 71.8 Å². The summed E-state index contributed by atoms with van der Waals surface area (Å²) in [6.07, 6.45) is 3.67. The molecular formula is C19H19N7. The summed E-state index contributed by atoms with van der Waals surface area (Å²) in [5.74, 6) is 0.755. The number of piperazine rings is 1. The Balaban J connectivity index is 1.71. The molecule has 7 nitrogen and oxygen atoms in total. The molecule has 0 bridgehead atoms. The lowest BCUT2D eigenvalue weighted by Gasteiger charge is -2.27. The summed E-state index contributed by atoms with van der Waals surface area (Å²) in [7, 11) is 1.96. The van der Waals surface area contributed by atoms with Gasteiger partial charge in [0.1, 0.15) is 11.2 Å². The first-order valence-electron chi connectivity index (χ1n) is 8.79. The summed E-state index contributed by atoms with van der Waals surface area (Å²) in [5, 5.41) is 4.46. The van der Waals surface area contributed by atoms with E-state index in [0.29, 0.717) is 0 Å². The van der Waals surface area contributed by atoms with Crippen LogP contribution in [0.1, 0.15) is 0 Å². The van der Waals surface area contributed by atoms with Gasteiger partial charge in [0.2, 0.25) is 5.95 Å². The Morgan fingerprint density at radius 2 is 1.88 bits per heavy atom. The zero-order valence-electron chi connectivity index (χ0n) is 14.6. The lowest BCUT2D eigenvalue weighted by Crippen LogP contribution is -2.44. The molecule has 1 saturated heterocycles. The zero-order valence-corrected chi connectivity index (χ0v) is 14.6. The summed E-state index contributed by atoms with van der Waals surface area (Å²) < 4.78 is 1.95. The average Bonchev–Trinajstić information content (AvgIpc) is 3.08. The van der Waals surface area contributed by atoms with Gasteiger partial charge in [0.05, 0.1) is 11.8 Å². The molecule has 4 heterocycles. The molecule has 4 aromatic rings. The first-order valence-corrected chi connectivity index (χ1v) is 8.79. The lowest BCUT2D eigenvalue weighted by atomic mass is 10.1. The SMILES string of the molecule is Cn1cnc2c(-c3cnc4ccccc4c3)nc(N3CCNCC3)nc21. The van der Waals surface area contributed by atoms with Crippen molar-refractivity contribution < 1.29 is 0 Å². The molecule has 0 spiro atoms. The van der Waals surface area contributed by atoms with Gasteiger partial charge < -0.3 is 14.8 Å². The molecule has 0 saturated carbocycles. The number of anilines is 1. The van der Waals surface area contributed by atoms with Crippen LogP contribution in [0.3, 0.4) is 0 Å². The molecule has 1 aliphatic heterocycles. The van der Waals surface area contributed by atoms with Crippen molar-refractivity contribution >= 4 is 28.0 Å². The standard InChI is InChI=1S/C19H19N7/c1-25-12-22-17-16(14-10-13-4-2-3-5-15(13)21-11-14)23-19(24-18(17)25)26-8-6-20-7-9-26/h2-5,10-12,20H,6-9H2,1H3. The molecule has 0 radical (unpaired) electrons. The third-order valence-electron chi connectivity index (χ3n) is 4.81. The summed E-state index contributed by atoms with van der Waals surface area (Å²) in [4.78, 5) is 21.0. The minimum absolute atomic E-state index is 0.755. The van der Waals surface area contributed by atoms with Gasteiger partial charge in [-0.15, -0.1) is 0 Å². The van der Waals surface area contributed by atoms with Crippen LogP contribution in [0.25, 0.3) is 33.3 Å². The van der Waals surface area contributed by atoms with E-state index in [1.807, 2.05) is 36.0 Å². The number of nitrogens with zero attached hydrogens (tertiary/aromatic N) is 6. The molecular weight excluding hydrogens is 326 g/mol. The van der Waals surface area contributed by atoms with Crippen LogP contribution in [-0.2, 0) is 7.05 Å². The van der Waals surface area contributed by atoms with Gasteiger partial charge in [-0.3, -0.25) is 4.98 Å².